The molecule has 0 bridgehead atoms. The van der Waals surface area contributed by atoms with E-state index in [1.165, 1.54) is 11.3 Å². The zero-order chi connectivity index (χ0) is 15.6. The highest BCUT2D eigenvalue weighted by Gasteiger charge is 2.20. The lowest BCUT2D eigenvalue weighted by molar-refractivity contribution is 0.648. The number of rotatable bonds is 2. The molecule has 23 heavy (non-hydrogen) atoms. The first-order valence-corrected chi connectivity index (χ1v) is 7.93. The van der Waals surface area contributed by atoms with Crippen LogP contribution in [0.4, 0.5) is 11.5 Å². The van der Waals surface area contributed by atoms with Crippen molar-refractivity contribution in [1.82, 2.24) is 15.0 Å². The first-order chi connectivity index (χ1) is 11.3. The first-order valence-electron chi connectivity index (χ1n) is 7.93. The summed E-state index contributed by atoms with van der Waals surface area (Å²) in [6, 6.07) is 12.7. The topological polar surface area (TPSA) is 45.2 Å². The second-order valence-corrected chi connectivity index (χ2v) is 5.88. The molecule has 1 aliphatic heterocycles. The Labute approximate surface area is 135 Å². The number of benzene rings is 1. The van der Waals surface area contributed by atoms with Gasteiger partial charge in [-0.25, -0.2) is 15.0 Å². The number of hydrogen-bond acceptors (Lipinski definition) is 5. The van der Waals surface area contributed by atoms with Crippen molar-refractivity contribution in [2.24, 2.45) is 0 Å². The van der Waals surface area contributed by atoms with E-state index in [4.69, 9.17) is 0 Å². The van der Waals surface area contributed by atoms with Crippen molar-refractivity contribution < 1.29 is 0 Å². The van der Waals surface area contributed by atoms with Gasteiger partial charge in [-0.2, -0.15) is 0 Å². The average Bonchev–Trinajstić information content (AvgIpc) is 2.61. The molecular formula is C18H19N5. The number of piperazine rings is 1. The maximum absolute atomic E-state index is 4.50. The van der Waals surface area contributed by atoms with Crippen molar-refractivity contribution in [3.63, 3.8) is 0 Å². The fourth-order valence-electron chi connectivity index (χ4n) is 3.14. The summed E-state index contributed by atoms with van der Waals surface area (Å²) in [5.41, 5.74) is 3.37. The lowest BCUT2D eigenvalue weighted by Gasteiger charge is -2.37. The Hall–Kier alpha value is -2.69. The largest absolute Gasteiger partial charge is 0.368 e. The minimum absolute atomic E-state index is 0.763. The number of nitrogens with zero attached hydrogens (tertiary/aromatic N) is 5. The van der Waals surface area contributed by atoms with Crippen LogP contribution in [0.1, 0.15) is 5.56 Å². The highest BCUT2D eigenvalue weighted by molar-refractivity contribution is 5.86. The summed E-state index contributed by atoms with van der Waals surface area (Å²) in [5, 5.41) is 1.03. The van der Waals surface area contributed by atoms with Crippen LogP contribution >= 0.6 is 0 Å². The van der Waals surface area contributed by atoms with E-state index < -0.39 is 0 Å². The predicted molar refractivity (Wildman–Crippen MR) is 92.9 cm³/mol. The van der Waals surface area contributed by atoms with E-state index in [-0.39, 0.29) is 0 Å². The van der Waals surface area contributed by atoms with Crippen LogP contribution in [0.2, 0.25) is 0 Å². The van der Waals surface area contributed by atoms with Gasteiger partial charge in [-0.3, -0.25) is 0 Å². The Morgan fingerprint density at radius 3 is 2.52 bits per heavy atom. The third kappa shape index (κ3) is 2.70. The van der Waals surface area contributed by atoms with Crippen molar-refractivity contribution in [2.75, 3.05) is 36.0 Å². The smallest absolute Gasteiger partial charge is 0.164 e. The van der Waals surface area contributed by atoms with Crippen LogP contribution < -0.4 is 9.80 Å². The van der Waals surface area contributed by atoms with Gasteiger partial charge >= 0.3 is 0 Å². The quantitative estimate of drug-likeness (QED) is 0.728. The van der Waals surface area contributed by atoms with Gasteiger partial charge in [-0.05, 0) is 36.8 Å². The van der Waals surface area contributed by atoms with E-state index >= 15 is 0 Å². The molecule has 3 aromatic rings. The SMILES string of the molecule is Cc1cccc(N2CCN(c3ncnc4ncccc34)CC2)c1. The molecule has 5 heteroatoms. The molecule has 1 aromatic carbocycles. The summed E-state index contributed by atoms with van der Waals surface area (Å²) in [6.07, 6.45) is 3.38. The van der Waals surface area contributed by atoms with Crippen LogP contribution in [-0.4, -0.2) is 41.1 Å². The second kappa shape index (κ2) is 5.83. The van der Waals surface area contributed by atoms with E-state index in [9.17, 15) is 0 Å². The standard InChI is InChI=1S/C18H19N5/c1-14-4-2-5-15(12-14)22-8-10-23(11-9-22)18-16-6-3-7-19-17(16)20-13-21-18/h2-7,12-13H,8-11H2,1H3. The Morgan fingerprint density at radius 2 is 1.70 bits per heavy atom. The molecular weight excluding hydrogens is 286 g/mol. The summed E-state index contributed by atoms with van der Waals surface area (Å²) in [4.78, 5) is 17.8. The molecule has 0 atom stereocenters. The summed E-state index contributed by atoms with van der Waals surface area (Å²) in [6.45, 7) is 6.04. The molecule has 3 heterocycles. The lowest BCUT2D eigenvalue weighted by atomic mass is 10.2. The monoisotopic (exact) mass is 305 g/mol. The van der Waals surface area contributed by atoms with Crippen LogP contribution in [0.3, 0.4) is 0 Å². The van der Waals surface area contributed by atoms with Crippen molar-refractivity contribution in [3.05, 3.63) is 54.5 Å². The predicted octanol–water partition coefficient (Wildman–Crippen LogP) is 2.66. The number of anilines is 2. The number of pyridine rings is 1. The van der Waals surface area contributed by atoms with Gasteiger partial charge in [-0.1, -0.05) is 12.1 Å². The van der Waals surface area contributed by atoms with Crippen LogP contribution in [0.15, 0.2) is 48.9 Å². The fraction of sp³-hybridized carbons (Fsp3) is 0.278. The molecule has 116 valence electrons. The lowest BCUT2D eigenvalue weighted by Crippen LogP contribution is -2.47. The third-order valence-corrected chi connectivity index (χ3v) is 4.33. The van der Waals surface area contributed by atoms with Crippen LogP contribution in [0, 0.1) is 6.92 Å². The van der Waals surface area contributed by atoms with Gasteiger partial charge in [0.1, 0.15) is 12.1 Å². The van der Waals surface area contributed by atoms with Crippen molar-refractivity contribution in [1.29, 1.82) is 0 Å². The molecule has 4 rings (SSSR count). The van der Waals surface area contributed by atoms with Gasteiger partial charge in [0.2, 0.25) is 0 Å². The van der Waals surface area contributed by atoms with E-state index in [0.29, 0.717) is 0 Å². The zero-order valence-corrected chi connectivity index (χ0v) is 13.2. The molecule has 0 N–H and O–H groups in total. The highest BCUT2D eigenvalue weighted by atomic mass is 15.3. The molecule has 0 aliphatic carbocycles. The Bertz CT molecular complexity index is 819. The van der Waals surface area contributed by atoms with Crippen LogP contribution in [0.5, 0.6) is 0 Å². The van der Waals surface area contributed by atoms with E-state index in [1.54, 1.807) is 12.5 Å². The second-order valence-electron chi connectivity index (χ2n) is 5.88. The van der Waals surface area contributed by atoms with E-state index in [2.05, 4.69) is 55.9 Å². The van der Waals surface area contributed by atoms with E-state index in [1.807, 2.05) is 12.1 Å². The maximum atomic E-state index is 4.50. The Kier molecular flexibility index (Phi) is 3.54. The van der Waals surface area contributed by atoms with Crippen molar-refractivity contribution in [2.45, 2.75) is 6.92 Å². The molecule has 1 saturated heterocycles. The maximum Gasteiger partial charge on any atom is 0.164 e. The highest BCUT2D eigenvalue weighted by Crippen LogP contribution is 2.24. The van der Waals surface area contributed by atoms with Gasteiger partial charge in [0.25, 0.3) is 0 Å². The molecule has 1 fully saturated rings. The summed E-state index contributed by atoms with van der Waals surface area (Å²) in [5.74, 6) is 0.993. The van der Waals surface area contributed by atoms with E-state index in [0.717, 1.165) is 43.0 Å². The normalized spacial score (nSPS) is 15.2. The van der Waals surface area contributed by atoms with Gasteiger partial charge in [0, 0.05) is 38.1 Å². The first kappa shape index (κ1) is 13.9. The Morgan fingerprint density at radius 1 is 0.870 bits per heavy atom. The van der Waals surface area contributed by atoms with Gasteiger partial charge < -0.3 is 9.80 Å². The molecule has 0 spiro atoms. The molecule has 0 radical (unpaired) electrons. The fourth-order valence-corrected chi connectivity index (χ4v) is 3.14. The summed E-state index contributed by atoms with van der Waals surface area (Å²) >= 11 is 0. The molecule has 0 unspecified atom stereocenters. The summed E-state index contributed by atoms with van der Waals surface area (Å²) in [7, 11) is 0. The third-order valence-electron chi connectivity index (χ3n) is 4.33. The summed E-state index contributed by atoms with van der Waals surface area (Å²) < 4.78 is 0. The van der Waals surface area contributed by atoms with Crippen LogP contribution in [-0.2, 0) is 0 Å². The molecule has 5 nitrogen and oxygen atoms in total. The molecule has 1 aliphatic rings. The number of fused-ring (bicyclic) bond motifs is 1. The zero-order valence-electron chi connectivity index (χ0n) is 13.2. The van der Waals surface area contributed by atoms with Gasteiger partial charge in [0.15, 0.2) is 5.65 Å². The van der Waals surface area contributed by atoms with Gasteiger partial charge in [-0.15, -0.1) is 0 Å². The van der Waals surface area contributed by atoms with Crippen molar-refractivity contribution in [3.8, 4) is 0 Å². The number of aromatic nitrogens is 3. The minimum atomic E-state index is 0.763. The average molecular weight is 305 g/mol. The Balaban J connectivity index is 1.55. The van der Waals surface area contributed by atoms with Crippen LogP contribution in [0.25, 0.3) is 11.0 Å². The van der Waals surface area contributed by atoms with Crippen molar-refractivity contribution >= 4 is 22.5 Å². The number of hydrogen-bond donors (Lipinski definition) is 0. The minimum Gasteiger partial charge on any atom is -0.368 e. The number of aryl methyl sites for hydroxylation is 1. The molecule has 0 saturated carbocycles. The van der Waals surface area contributed by atoms with Gasteiger partial charge in [0.05, 0.1) is 5.39 Å². The molecule has 2 aromatic heterocycles. The molecule has 0 amide bonds.